The van der Waals surface area contributed by atoms with Gasteiger partial charge in [-0.25, -0.2) is 4.98 Å². The minimum atomic E-state index is -0.419. The van der Waals surface area contributed by atoms with E-state index in [0.29, 0.717) is 5.88 Å². The molecule has 114 valence electrons. The molecule has 0 saturated heterocycles. The predicted molar refractivity (Wildman–Crippen MR) is 77.6 cm³/mol. The number of rotatable bonds is 4. The molecular formula is C14H18ClN3O3. The maximum absolute atomic E-state index is 11.9. The molecule has 2 amide bonds. The van der Waals surface area contributed by atoms with Crippen LogP contribution in [0.1, 0.15) is 25.7 Å². The summed E-state index contributed by atoms with van der Waals surface area (Å²) in [6.07, 6.45) is 4.80. The van der Waals surface area contributed by atoms with E-state index in [4.69, 9.17) is 16.3 Å². The van der Waals surface area contributed by atoms with Crippen molar-refractivity contribution in [3.8, 4) is 5.88 Å². The van der Waals surface area contributed by atoms with Crippen LogP contribution in [0.4, 0.5) is 0 Å². The van der Waals surface area contributed by atoms with Crippen LogP contribution in [0.5, 0.6) is 5.88 Å². The molecule has 0 aliphatic heterocycles. The summed E-state index contributed by atoms with van der Waals surface area (Å²) >= 11 is 5.33. The van der Waals surface area contributed by atoms with E-state index < -0.39 is 5.91 Å². The number of pyridine rings is 1. The third-order valence-electron chi connectivity index (χ3n) is 3.42. The second-order valence-corrected chi connectivity index (χ2v) is 5.20. The molecule has 21 heavy (non-hydrogen) atoms. The SMILES string of the molecule is O=C(CCl)NNC(=O)[C@H]1CC[C@H](Oc2ccccn2)CC1. The molecule has 1 aromatic rings. The topological polar surface area (TPSA) is 80.3 Å². The van der Waals surface area contributed by atoms with Crippen LogP contribution in [0, 0.1) is 5.92 Å². The zero-order valence-corrected chi connectivity index (χ0v) is 12.3. The molecule has 1 heterocycles. The molecule has 1 fully saturated rings. The lowest BCUT2D eigenvalue weighted by Crippen LogP contribution is -2.46. The summed E-state index contributed by atoms with van der Waals surface area (Å²) in [7, 11) is 0. The summed E-state index contributed by atoms with van der Waals surface area (Å²) in [4.78, 5) is 27.0. The molecule has 1 aliphatic rings. The lowest BCUT2D eigenvalue weighted by Gasteiger charge is -2.27. The third-order valence-corrected chi connectivity index (χ3v) is 3.66. The van der Waals surface area contributed by atoms with Crippen LogP contribution in [0.25, 0.3) is 0 Å². The number of amides is 2. The van der Waals surface area contributed by atoms with Crippen molar-refractivity contribution in [2.75, 3.05) is 5.88 Å². The van der Waals surface area contributed by atoms with E-state index in [1.165, 1.54) is 0 Å². The fraction of sp³-hybridized carbons (Fsp3) is 0.500. The molecule has 0 bridgehead atoms. The number of hydrogen-bond acceptors (Lipinski definition) is 4. The molecule has 1 aliphatic carbocycles. The Balaban J connectivity index is 1.72. The predicted octanol–water partition coefficient (Wildman–Crippen LogP) is 1.41. The molecule has 1 saturated carbocycles. The summed E-state index contributed by atoms with van der Waals surface area (Å²) < 4.78 is 5.77. The van der Waals surface area contributed by atoms with Gasteiger partial charge in [-0.1, -0.05) is 6.07 Å². The maximum atomic E-state index is 11.9. The Morgan fingerprint density at radius 3 is 2.62 bits per heavy atom. The molecule has 2 rings (SSSR count). The number of aromatic nitrogens is 1. The number of alkyl halides is 1. The van der Waals surface area contributed by atoms with Crippen LogP contribution < -0.4 is 15.6 Å². The van der Waals surface area contributed by atoms with Crippen molar-refractivity contribution in [1.29, 1.82) is 0 Å². The summed E-state index contributed by atoms with van der Waals surface area (Å²) in [5.74, 6) is -0.267. The number of hydrazine groups is 1. The van der Waals surface area contributed by atoms with Gasteiger partial charge in [0.25, 0.3) is 5.91 Å². The third kappa shape index (κ3) is 4.90. The van der Waals surface area contributed by atoms with Gasteiger partial charge in [0.2, 0.25) is 11.8 Å². The fourth-order valence-electron chi connectivity index (χ4n) is 2.30. The highest BCUT2D eigenvalue weighted by molar-refractivity contribution is 6.27. The molecule has 6 nitrogen and oxygen atoms in total. The zero-order chi connectivity index (χ0) is 15.1. The van der Waals surface area contributed by atoms with Crippen molar-refractivity contribution < 1.29 is 14.3 Å². The van der Waals surface area contributed by atoms with E-state index in [2.05, 4.69) is 15.8 Å². The maximum Gasteiger partial charge on any atom is 0.253 e. The summed E-state index contributed by atoms with van der Waals surface area (Å²) in [5.41, 5.74) is 4.66. The van der Waals surface area contributed by atoms with Gasteiger partial charge in [0.15, 0.2) is 0 Å². The first-order valence-corrected chi connectivity index (χ1v) is 7.45. The lowest BCUT2D eigenvalue weighted by molar-refractivity contribution is -0.131. The van der Waals surface area contributed by atoms with Crippen LogP contribution in [-0.4, -0.2) is 28.8 Å². The number of halogens is 1. The van der Waals surface area contributed by atoms with E-state index >= 15 is 0 Å². The molecular weight excluding hydrogens is 294 g/mol. The second-order valence-electron chi connectivity index (χ2n) is 4.93. The molecule has 7 heteroatoms. The Kier molecular flexibility index (Phi) is 5.80. The molecule has 2 N–H and O–H groups in total. The largest absolute Gasteiger partial charge is 0.474 e. The van der Waals surface area contributed by atoms with E-state index in [1.54, 1.807) is 6.20 Å². The van der Waals surface area contributed by atoms with E-state index in [-0.39, 0.29) is 23.8 Å². The average molecular weight is 312 g/mol. The van der Waals surface area contributed by atoms with Gasteiger partial charge in [0.1, 0.15) is 12.0 Å². The smallest absolute Gasteiger partial charge is 0.253 e. The molecule has 0 spiro atoms. The molecule has 0 aromatic carbocycles. The second kappa shape index (κ2) is 7.83. The number of carbonyl (C=O) groups excluding carboxylic acids is 2. The Hall–Kier alpha value is -1.82. The van der Waals surface area contributed by atoms with Gasteiger partial charge in [0.05, 0.1) is 0 Å². The van der Waals surface area contributed by atoms with Crippen molar-refractivity contribution in [2.24, 2.45) is 5.92 Å². The van der Waals surface area contributed by atoms with E-state index in [1.807, 2.05) is 18.2 Å². The number of carbonyl (C=O) groups is 2. The highest BCUT2D eigenvalue weighted by Crippen LogP contribution is 2.27. The molecule has 0 radical (unpaired) electrons. The Bertz CT molecular complexity index is 476. The van der Waals surface area contributed by atoms with E-state index in [9.17, 15) is 9.59 Å². The molecule has 0 unspecified atom stereocenters. The van der Waals surface area contributed by atoms with Gasteiger partial charge >= 0.3 is 0 Å². The average Bonchev–Trinajstić information content (AvgIpc) is 2.54. The first-order valence-electron chi connectivity index (χ1n) is 6.91. The highest BCUT2D eigenvalue weighted by atomic mass is 35.5. The normalized spacial score (nSPS) is 21.4. The number of nitrogens with zero attached hydrogens (tertiary/aromatic N) is 1. The quantitative estimate of drug-likeness (QED) is 0.651. The number of nitrogens with one attached hydrogen (secondary N) is 2. The van der Waals surface area contributed by atoms with Gasteiger partial charge in [-0.15, -0.1) is 11.6 Å². The summed E-state index contributed by atoms with van der Waals surface area (Å²) in [5, 5.41) is 0. The summed E-state index contributed by atoms with van der Waals surface area (Å²) in [6.45, 7) is 0. The van der Waals surface area contributed by atoms with Crippen molar-refractivity contribution in [2.45, 2.75) is 31.8 Å². The standard InChI is InChI=1S/C14H18ClN3O3/c15-9-12(19)17-18-14(20)10-4-6-11(7-5-10)21-13-3-1-2-8-16-13/h1-3,8,10-11H,4-7,9H2,(H,17,19)(H,18,20)/t10-,11-. The van der Waals surface area contributed by atoms with Crippen LogP contribution >= 0.6 is 11.6 Å². The first-order chi connectivity index (χ1) is 10.2. The Morgan fingerprint density at radius 2 is 2.00 bits per heavy atom. The van der Waals surface area contributed by atoms with Gasteiger partial charge in [-0.05, 0) is 31.7 Å². The van der Waals surface area contributed by atoms with Crippen molar-refractivity contribution in [3.63, 3.8) is 0 Å². The minimum Gasteiger partial charge on any atom is -0.474 e. The van der Waals surface area contributed by atoms with Gasteiger partial charge in [0, 0.05) is 18.2 Å². The van der Waals surface area contributed by atoms with Crippen LogP contribution in [-0.2, 0) is 9.59 Å². The lowest BCUT2D eigenvalue weighted by atomic mass is 9.87. The van der Waals surface area contributed by atoms with Crippen LogP contribution in [0.3, 0.4) is 0 Å². The van der Waals surface area contributed by atoms with E-state index in [0.717, 1.165) is 25.7 Å². The first kappa shape index (κ1) is 15.6. The van der Waals surface area contributed by atoms with Gasteiger partial charge < -0.3 is 4.74 Å². The number of hydrogen-bond donors (Lipinski definition) is 2. The fourth-order valence-corrected chi connectivity index (χ4v) is 2.36. The molecule has 1 aromatic heterocycles. The Morgan fingerprint density at radius 1 is 1.24 bits per heavy atom. The van der Waals surface area contributed by atoms with Crippen LogP contribution in [0.2, 0.25) is 0 Å². The van der Waals surface area contributed by atoms with Crippen molar-refractivity contribution >= 4 is 23.4 Å². The zero-order valence-electron chi connectivity index (χ0n) is 11.5. The van der Waals surface area contributed by atoms with Crippen molar-refractivity contribution in [1.82, 2.24) is 15.8 Å². The van der Waals surface area contributed by atoms with Gasteiger partial charge in [-0.3, -0.25) is 20.4 Å². The minimum absolute atomic E-state index is 0.0846. The monoisotopic (exact) mass is 311 g/mol. The van der Waals surface area contributed by atoms with Crippen molar-refractivity contribution in [3.05, 3.63) is 24.4 Å². The van der Waals surface area contributed by atoms with Crippen LogP contribution in [0.15, 0.2) is 24.4 Å². The number of ether oxygens (including phenoxy) is 1. The Labute approximate surface area is 128 Å². The highest BCUT2D eigenvalue weighted by Gasteiger charge is 2.27. The summed E-state index contributed by atoms with van der Waals surface area (Å²) in [6, 6.07) is 5.53. The molecule has 0 atom stereocenters. The van der Waals surface area contributed by atoms with Gasteiger partial charge in [-0.2, -0.15) is 0 Å².